The summed E-state index contributed by atoms with van der Waals surface area (Å²) in [6.07, 6.45) is 1.14. The van der Waals surface area contributed by atoms with Crippen LogP contribution in [0.3, 0.4) is 0 Å². The van der Waals surface area contributed by atoms with E-state index in [2.05, 4.69) is 0 Å². The minimum Gasteiger partial charge on any atom is -0.329 e. The molecule has 0 heterocycles. The van der Waals surface area contributed by atoms with Crippen LogP contribution in [-0.4, -0.2) is 27.8 Å². The molecule has 1 aromatic rings. The number of hydrogen-bond donors (Lipinski definition) is 1. The lowest BCUT2D eigenvalue weighted by Crippen LogP contribution is -2.34. The maximum atomic E-state index is 11.5. The molecule has 4 nitrogen and oxygen atoms in total. The molecule has 0 radical (unpaired) electrons. The van der Waals surface area contributed by atoms with Gasteiger partial charge in [0.25, 0.3) is 0 Å². The van der Waals surface area contributed by atoms with Crippen molar-refractivity contribution in [3.8, 4) is 0 Å². The number of nitrogens with two attached hydrogens (primary N) is 1. The molecule has 2 N–H and O–H groups in total. The molecular formula is C9H13ClN2O2S. The minimum atomic E-state index is -3.30. The van der Waals surface area contributed by atoms with Crippen molar-refractivity contribution in [1.29, 1.82) is 0 Å². The third-order valence-electron chi connectivity index (χ3n) is 1.83. The van der Waals surface area contributed by atoms with Crippen LogP contribution in [0.5, 0.6) is 0 Å². The maximum Gasteiger partial charge on any atom is 0.232 e. The van der Waals surface area contributed by atoms with Crippen molar-refractivity contribution in [2.24, 2.45) is 5.73 Å². The Morgan fingerprint density at radius 2 is 2.13 bits per heavy atom. The number of nitrogens with zero attached hydrogens (tertiary/aromatic N) is 1. The average Bonchev–Trinajstić information content (AvgIpc) is 2.12. The summed E-state index contributed by atoms with van der Waals surface area (Å²) in [4.78, 5) is 0. The topological polar surface area (TPSA) is 63.4 Å². The van der Waals surface area contributed by atoms with Crippen LogP contribution in [0.4, 0.5) is 5.69 Å². The van der Waals surface area contributed by atoms with E-state index in [0.717, 1.165) is 6.26 Å². The number of benzene rings is 1. The lowest BCUT2D eigenvalue weighted by molar-refractivity contribution is 0.597. The second-order valence-corrected chi connectivity index (χ2v) is 5.45. The van der Waals surface area contributed by atoms with Crippen LogP contribution in [0.2, 0.25) is 5.02 Å². The van der Waals surface area contributed by atoms with Gasteiger partial charge in [-0.1, -0.05) is 17.7 Å². The first kappa shape index (κ1) is 12.3. The third-order valence-corrected chi connectivity index (χ3v) is 3.26. The van der Waals surface area contributed by atoms with Crippen molar-refractivity contribution < 1.29 is 8.42 Å². The van der Waals surface area contributed by atoms with E-state index in [-0.39, 0.29) is 13.1 Å². The SMILES string of the molecule is CS(=O)(=O)N(CCN)c1cccc(Cl)c1. The zero-order valence-electron chi connectivity index (χ0n) is 8.35. The first-order valence-electron chi connectivity index (χ1n) is 4.38. The second-order valence-electron chi connectivity index (χ2n) is 3.10. The fraction of sp³-hybridized carbons (Fsp3) is 0.333. The summed E-state index contributed by atoms with van der Waals surface area (Å²) in [7, 11) is -3.30. The average molecular weight is 249 g/mol. The van der Waals surface area contributed by atoms with Gasteiger partial charge in [0.2, 0.25) is 10.0 Å². The number of halogens is 1. The van der Waals surface area contributed by atoms with Gasteiger partial charge in [-0.15, -0.1) is 0 Å². The Morgan fingerprint density at radius 1 is 1.47 bits per heavy atom. The van der Waals surface area contributed by atoms with Gasteiger partial charge in [0, 0.05) is 18.1 Å². The summed E-state index contributed by atoms with van der Waals surface area (Å²) >= 11 is 5.79. The molecule has 0 saturated carbocycles. The number of hydrogen-bond acceptors (Lipinski definition) is 3. The summed E-state index contributed by atoms with van der Waals surface area (Å²) in [5, 5.41) is 0.498. The van der Waals surface area contributed by atoms with Gasteiger partial charge in [0.15, 0.2) is 0 Å². The van der Waals surface area contributed by atoms with Crippen LogP contribution >= 0.6 is 11.6 Å². The summed E-state index contributed by atoms with van der Waals surface area (Å²) in [5.74, 6) is 0. The van der Waals surface area contributed by atoms with Gasteiger partial charge < -0.3 is 5.73 Å². The summed E-state index contributed by atoms with van der Waals surface area (Å²) in [5.41, 5.74) is 5.90. The third kappa shape index (κ3) is 3.37. The smallest absolute Gasteiger partial charge is 0.232 e. The monoisotopic (exact) mass is 248 g/mol. The Labute approximate surface area is 94.7 Å². The van der Waals surface area contributed by atoms with Gasteiger partial charge in [0.05, 0.1) is 11.9 Å². The fourth-order valence-corrected chi connectivity index (χ4v) is 2.35. The molecule has 0 fully saturated rings. The normalized spacial score (nSPS) is 11.4. The molecule has 1 rings (SSSR count). The predicted octanol–water partition coefficient (Wildman–Crippen LogP) is 1.06. The Balaban J connectivity index is 3.10. The zero-order chi connectivity index (χ0) is 11.5. The van der Waals surface area contributed by atoms with Crippen molar-refractivity contribution in [3.63, 3.8) is 0 Å². The van der Waals surface area contributed by atoms with Crippen LogP contribution in [0.1, 0.15) is 0 Å². The molecule has 0 aliphatic rings. The molecular weight excluding hydrogens is 236 g/mol. The van der Waals surface area contributed by atoms with Crippen LogP contribution in [0.25, 0.3) is 0 Å². The molecule has 6 heteroatoms. The van der Waals surface area contributed by atoms with E-state index in [1.54, 1.807) is 24.3 Å². The van der Waals surface area contributed by atoms with Gasteiger partial charge in [0.1, 0.15) is 0 Å². The number of anilines is 1. The van der Waals surface area contributed by atoms with E-state index in [0.29, 0.717) is 10.7 Å². The molecule has 1 aromatic carbocycles. The molecule has 0 aliphatic heterocycles. The lowest BCUT2D eigenvalue weighted by atomic mass is 10.3. The van der Waals surface area contributed by atoms with Crippen molar-refractivity contribution in [2.45, 2.75) is 0 Å². The van der Waals surface area contributed by atoms with E-state index < -0.39 is 10.0 Å². The quantitative estimate of drug-likeness (QED) is 0.867. The van der Waals surface area contributed by atoms with Gasteiger partial charge in [-0.25, -0.2) is 8.42 Å². The first-order valence-corrected chi connectivity index (χ1v) is 6.61. The minimum absolute atomic E-state index is 0.249. The predicted molar refractivity (Wildman–Crippen MR) is 62.7 cm³/mol. The van der Waals surface area contributed by atoms with Gasteiger partial charge in [-0.2, -0.15) is 0 Å². The number of sulfonamides is 1. The molecule has 0 amide bonds. The Kier molecular flexibility index (Phi) is 3.96. The van der Waals surface area contributed by atoms with Crippen molar-refractivity contribution in [3.05, 3.63) is 29.3 Å². The molecule has 0 aliphatic carbocycles. The summed E-state index contributed by atoms with van der Waals surface area (Å²) < 4.78 is 24.2. The van der Waals surface area contributed by atoms with Crippen LogP contribution in [0, 0.1) is 0 Å². The Hall–Kier alpha value is -0.780. The van der Waals surface area contributed by atoms with Gasteiger partial charge in [-0.05, 0) is 18.2 Å². The number of rotatable bonds is 4. The van der Waals surface area contributed by atoms with Crippen molar-refractivity contribution in [2.75, 3.05) is 23.7 Å². The molecule has 0 unspecified atom stereocenters. The van der Waals surface area contributed by atoms with E-state index in [4.69, 9.17) is 17.3 Å². The highest BCUT2D eigenvalue weighted by Crippen LogP contribution is 2.21. The van der Waals surface area contributed by atoms with Crippen molar-refractivity contribution in [1.82, 2.24) is 0 Å². The van der Waals surface area contributed by atoms with E-state index >= 15 is 0 Å². The highest BCUT2D eigenvalue weighted by Gasteiger charge is 2.16. The molecule has 15 heavy (non-hydrogen) atoms. The van der Waals surface area contributed by atoms with Crippen LogP contribution < -0.4 is 10.0 Å². The van der Waals surface area contributed by atoms with Gasteiger partial charge in [-0.3, -0.25) is 4.31 Å². The fourth-order valence-electron chi connectivity index (χ4n) is 1.23. The standard InChI is InChI=1S/C9H13ClN2O2S/c1-15(13,14)12(6-5-11)9-4-2-3-8(10)7-9/h2-4,7H,5-6,11H2,1H3. The second kappa shape index (κ2) is 4.83. The van der Waals surface area contributed by atoms with E-state index in [1.165, 1.54) is 4.31 Å². The highest BCUT2D eigenvalue weighted by molar-refractivity contribution is 7.92. The molecule has 0 bridgehead atoms. The largest absolute Gasteiger partial charge is 0.329 e. The maximum absolute atomic E-state index is 11.5. The molecule has 0 saturated heterocycles. The van der Waals surface area contributed by atoms with Crippen LogP contribution in [-0.2, 0) is 10.0 Å². The Bertz CT molecular complexity index is 433. The summed E-state index contributed by atoms with van der Waals surface area (Å²) in [6.45, 7) is 0.513. The molecule has 0 atom stereocenters. The lowest BCUT2D eigenvalue weighted by Gasteiger charge is -2.21. The van der Waals surface area contributed by atoms with Crippen LogP contribution in [0.15, 0.2) is 24.3 Å². The van der Waals surface area contributed by atoms with Gasteiger partial charge >= 0.3 is 0 Å². The Morgan fingerprint density at radius 3 is 2.60 bits per heavy atom. The zero-order valence-corrected chi connectivity index (χ0v) is 9.92. The molecule has 0 aromatic heterocycles. The van der Waals surface area contributed by atoms with E-state index in [9.17, 15) is 8.42 Å². The summed E-state index contributed by atoms with van der Waals surface area (Å²) in [6, 6.07) is 6.67. The van der Waals surface area contributed by atoms with E-state index in [1.807, 2.05) is 0 Å². The molecule has 0 spiro atoms. The molecule has 84 valence electrons. The first-order chi connectivity index (χ1) is 6.95. The van der Waals surface area contributed by atoms with Crippen molar-refractivity contribution >= 4 is 27.3 Å². The highest BCUT2D eigenvalue weighted by atomic mass is 35.5.